The third-order valence-corrected chi connectivity index (χ3v) is 4.24. The number of carbonyl (C=O) groups is 3. The van der Waals surface area contributed by atoms with E-state index in [0.29, 0.717) is 15.9 Å². The van der Waals surface area contributed by atoms with Gasteiger partial charge in [0.2, 0.25) is 11.7 Å². The molecule has 6 nitrogen and oxygen atoms in total. The zero-order valence-corrected chi connectivity index (χ0v) is 15.8. The molecular formula is C20H16ClFN2O4. The highest BCUT2D eigenvalue weighted by Gasteiger charge is 2.28. The van der Waals surface area contributed by atoms with Crippen LogP contribution in [0.15, 0.2) is 42.5 Å². The summed E-state index contributed by atoms with van der Waals surface area (Å²) in [6.07, 6.45) is -0.795. The molecule has 0 saturated carbocycles. The summed E-state index contributed by atoms with van der Waals surface area (Å²) in [5.74, 6) is -1.51. The standard InChI is InChI=1S/C20H16ClFN2O4/c1-3-28-20(27)24-16-10-13(21)6-9-15(16)17(23-11(2)25)18(24)19(26)12-4-7-14(22)8-5-12/h4-10H,3H2,1-2H3,(H,23,25). The van der Waals surface area contributed by atoms with Crippen LogP contribution >= 0.6 is 11.6 Å². The number of hydrogen-bond donors (Lipinski definition) is 1. The summed E-state index contributed by atoms with van der Waals surface area (Å²) in [5, 5.41) is 3.39. The third-order valence-electron chi connectivity index (χ3n) is 4.00. The second-order valence-corrected chi connectivity index (χ2v) is 6.37. The normalized spacial score (nSPS) is 10.7. The number of nitrogens with one attached hydrogen (secondary N) is 1. The molecular weight excluding hydrogens is 387 g/mol. The number of carbonyl (C=O) groups excluding carboxylic acids is 3. The Hall–Kier alpha value is -3.19. The number of halogens is 2. The van der Waals surface area contributed by atoms with E-state index in [9.17, 15) is 18.8 Å². The van der Waals surface area contributed by atoms with Crippen LogP contribution in [-0.2, 0) is 9.53 Å². The van der Waals surface area contributed by atoms with Gasteiger partial charge in [-0.25, -0.2) is 13.8 Å². The topological polar surface area (TPSA) is 77.4 Å². The fourth-order valence-corrected chi connectivity index (χ4v) is 3.06. The Morgan fingerprint density at radius 2 is 1.82 bits per heavy atom. The Morgan fingerprint density at radius 3 is 2.43 bits per heavy atom. The number of rotatable bonds is 4. The Morgan fingerprint density at radius 1 is 1.14 bits per heavy atom. The van der Waals surface area contributed by atoms with E-state index in [1.807, 2.05) is 0 Å². The van der Waals surface area contributed by atoms with Gasteiger partial charge in [0.15, 0.2) is 0 Å². The highest BCUT2D eigenvalue weighted by Crippen LogP contribution is 2.34. The van der Waals surface area contributed by atoms with Crippen molar-refractivity contribution in [1.82, 2.24) is 4.57 Å². The minimum atomic E-state index is -0.795. The Kier molecular flexibility index (Phi) is 5.46. The van der Waals surface area contributed by atoms with E-state index in [1.165, 1.54) is 25.1 Å². The minimum Gasteiger partial charge on any atom is -0.449 e. The van der Waals surface area contributed by atoms with Crippen molar-refractivity contribution in [2.75, 3.05) is 11.9 Å². The average molecular weight is 403 g/mol. The molecule has 2 aromatic carbocycles. The number of fused-ring (bicyclic) bond motifs is 1. The monoisotopic (exact) mass is 402 g/mol. The molecule has 1 N–H and O–H groups in total. The Balaban J connectivity index is 2.35. The molecule has 0 atom stereocenters. The maximum atomic E-state index is 13.3. The predicted molar refractivity (Wildman–Crippen MR) is 104 cm³/mol. The van der Waals surface area contributed by atoms with Gasteiger partial charge >= 0.3 is 6.09 Å². The fourth-order valence-electron chi connectivity index (χ4n) is 2.89. The van der Waals surface area contributed by atoms with Crippen molar-refractivity contribution in [1.29, 1.82) is 0 Å². The smallest absolute Gasteiger partial charge is 0.419 e. The number of ketones is 1. The highest BCUT2D eigenvalue weighted by atomic mass is 35.5. The highest BCUT2D eigenvalue weighted by molar-refractivity contribution is 6.32. The zero-order chi connectivity index (χ0) is 20.4. The molecule has 0 saturated heterocycles. The summed E-state index contributed by atoms with van der Waals surface area (Å²) in [7, 11) is 0. The van der Waals surface area contributed by atoms with Gasteiger partial charge in [-0.1, -0.05) is 11.6 Å². The third kappa shape index (κ3) is 3.61. The number of ether oxygens (including phenoxy) is 1. The average Bonchev–Trinajstić information content (AvgIpc) is 2.94. The van der Waals surface area contributed by atoms with Gasteiger partial charge < -0.3 is 10.1 Å². The molecule has 0 spiro atoms. The van der Waals surface area contributed by atoms with E-state index >= 15 is 0 Å². The summed E-state index contributed by atoms with van der Waals surface area (Å²) >= 11 is 6.07. The van der Waals surface area contributed by atoms with E-state index in [2.05, 4.69) is 5.32 Å². The molecule has 1 amide bonds. The predicted octanol–water partition coefficient (Wildman–Crippen LogP) is 4.63. The molecule has 0 aliphatic carbocycles. The lowest BCUT2D eigenvalue weighted by Crippen LogP contribution is -2.21. The SMILES string of the molecule is CCOC(=O)n1c(C(=O)c2ccc(F)cc2)c(NC(C)=O)c2ccc(Cl)cc21. The summed E-state index contributed by atoms with van der Waals surface area (Å²) in [4.78, 5) is 37.6. The van der Waals surface area contributed by atoms with Crippen molar-refractivity contribution in [2.24, 2.45) is 0 Å². The Labute approximate surface area is 164 Å². The number of hydrogen-bond acceptors (Lipinski definition) is 4. The van der Waals surface area contributed by atoms with Crippen molar-refractivity contribution in [3.8, 4) is 0 Å². The molecule has 3 aromatic rings. The second-order valence-electron chi connectivity index (χ2n) is 5.94. The van der Waals surface area contributed by atoms with Crippen LogP contribution in [0, 0.1) is 5.82 Å². The van der Waals surface area contributed by atoms with Crippen molar-refractivity contribution < 1.29 is 23.5 Å². The first-order valence-corrected chi connectivity index (χ1v) is 8.80. The van der Waals surface area contributed by atoms with Crippen LogP contribution in [0.2, 0.25) is 5.02 Å². The quantitative estimate of drug-likeness (QED) is 0.645. The van der Waals surface area contributed by atoms with Crippen LogP contribution in [0.4, 0.5) is 14.9 Å². The largest absolute Gasteiger partial charge is 0.449 e. The van der Waals surface area contributed by atoms with E-state index in [0.717, 1.165) is 16.7 Å². The lowest BCUT2D eigenvalue weighted by atomic mass is 10.1. The first-order valence-electron chi connectivity index (χ1n) is 8.42. The van der Waals surface area contributed by atoms with Gasteiger partial charge in [0.25, 0.3) is 0 Å². The van der Waals surface area contributed by atoms with Crippen molar-refractivity contribution in [2.45, 2.75) is 13.8 Å². The lowest BCUT2D eigenvalue weighted by molar-refractivity contribution is -0.114. The van der Waals surface area contributed by atoms with Crippen LogP contribution in [0.25, 0.3) is 10.9 Å². The van der Waals surface area contributed by atoms with Crippen LogP contribution in [0.1, 0.15) is 29.9 Å². The number of benzene rings is 2. The Bertz CT molecular complexity index is 1090. The number of nitrogens with zero attached hydrogens (tertiary/aromatic N) is 1. The molecule has 0 aliphatic heterocycles. The zero-order valence-electron chi connectivity index (χ0n) is 15.1. The number of aromatic nitrogens is 1. The molecule has 28 heavy (non-hydrogen) atoms. The summed E-state index contributed by atoms with van der Waals surface area (Å²) in [5.41, 5.74) is 0.506. The number of amides is 1. The van der Waals surface area contributed by atoms with Gasteiger partial charge in [-0.2, -0.15) is 0 Å². The van der Waals surface area contributed by atoms with Gasteiger partial charge in [-0.3, -0.25) is 9.59 Å². The minimum absolute atomic E-state index is 0.0821. The van der Waals surface area contributed by atoms with Gasteiger partial charge in [0.05, 0.1) is 17.8 Å². The van der Waals surface area contributed by atoms with Crippen LogP contribution in [0.3, 0.4) is 0 Å². The molecule has 0 fully saturated rings. The first-order chi connectivity index (χ1) is 13.3. The van der Waals surface area contributed by atoms with Crippen molar-refractivity contribution in [3.63, 3.8) is 0 Å². The van der Waals surface area contributed by atoms with E-state index in [1.54, 1.807) is 19.1 Å². The summed E-state index contributed by atoms with van der Waals surface area (Å²) in [6, 6.07) is 9.56. The fraction of sp³-hybridized carbons (Fsp3) is 0.150. The van der Waals surface area contributed by atoms with Gasteiger partial charge in [0, 0.05) is 22.9 Å². The van der Waals surface area contributed by atoms with Crippen molar-refractivity contribution in [3.05, 3.63) is 64.6 Å². The van der Waals surface area contributed by atoms with E-state index in [4.69, 9.17) is 16.3 Å². The molecule has 0 unspecified atom stereocenters. The maximum absolute atomic E-state index is 13.3. The molecule has 1 heterocycles. The molecule has 0 bridgehead atoms. The van der Waals surface area contributed by atoms with Crippen LogP contribution in [-0.4, -0.2) is 29.0 Å². The molecule has 0 aliphatic rings. The van der Waals surface area contributed by atoms with Gasteiger partial charge in [0.1, 0.15) is 11.5 Å². The lowest BCUT2D eigenvalue weighted by Gasteiger charge is -2.10. The van der Waals surface area contributed by atoms with Crippen LogP contribution in [0.5, 0.6) is 0 Å². The summed E-state index contributed by atoms with van der Waals surface area (Å²) in [6.45, 7) is 3.00. The molecule has 144 valence electrons. The second kappa shape index (κ2) is 7.82. The number of anilines is 1. The van der Waals surface area contributed by atoms with E-state index < -0.39 is 23.6 Å². The van der Waals surface area contributed by atoms with Crippen LogP contribution < -0.4 is 5.32 Å². The molecule has 1 aromatic heterocycles. The van der Waals surface area contributed by atoms with Crippen molar-refractivity contribution >= 4 is 46.0 Å². The maximum Gasteiger partial charge on any atom is 0.419 e. The summed E-state index contributed by atoms with van der Waals surface area (Å²) < 4.78 is 19.4. The molecule has 8 heteroatoms. The first kappa shape index (κ1) is 19.6. The molecule has 3 rings (SSSR count). The molecule has 0 radical (unpaired) electrons. The van der Waals surface area contributed by atoms with E-state index in [-0.39, 0.29) is 23.6 Å². The van der Waals surface area contributed by atoms with Gasteiger partial charge in [-0.05, 0) is 49.4 Å². The van der Waals surface area contributed by atoms with Gasteiger partial charge in [-0.15, -0.1) is 0 Å².